The lowest BCUT2D eigenvalue weighted by atomic mass is 9.85. The fourth-order valence-electron chi connectivity index (χ4n) is 3.25. The van der Waals surface area contributed by atoms with Gasteiger partial charge in [-0.2, -0.15) is 0 Å². The molecule has 1 amide bonds. The van der Waals surface area contributed by atoms with Crippen molar-refractivity contribution in [2.24, 2.45) is 11.7 Å². The van der Waals surface area contributed by atoms with E-state index in [0.717, 1.165) is 13.0 Å². The second kappa shape index (κ2) is 5.96. The molecule has 1 heterocycles. The van der Waals surface area contributed by atoms with Gasteiger partial charge in [-0.1, -0.05) is 32.0 Å². The Labute approximate surface area is 122 Å². The zero-order valence-electron chi connectivity index (χ0n) is 13.0. The highest BCUT2D eigenvalue weighted by Gasteiger charge is 2.36. The van der Waals surface area contributed by atoms with Crippen LogP contribution in [-0.4, -0.2) is 23.4 Å². The SMILES string of the molecule is Cc1cccc(C)c1C1C(N)CCC(=O)N1CC(C)C. The van der Waals surface area contributed by atoms with Gasteiger partial charge in [-0.25, -0.2) is 0 Å². The maximum absolute atomic E-state index is 12.4. The molecule has 3 nitrogen and oxygen atoms in total. The Hall–Kier alpha value is -1.35. The first kappa shape index (κ1) is 15.0. The summed E-state index contributed by atoms with van der Waals surface area (Å²) in [6.45, 7) is 9.30. The van der Waals surface area contributed by atoms with E-state index < -0.39 is 0 Å². The van der Waals surface area contributed by atoms with E-state index in [1.807, 2.05) is 4.90 Å². The number of nitrogens with two attached hydrogens (primary N) is 1. The van der Waals surface area contributed by atoms with Gasteiger partial charge < -0.3 is 10.6 Å². The van der Waals surface area contributed by atoms with Crippen molar-refractivity contribution in [3.8, 4) is 0 Å². The van der Waals surface area contributed by atoms with Crippen LogP contribution in [0.2, 0.25) is 0 Å². The van der Waals surface area contributed by atoms with Crippen LogP contribution in [0.15, 0.2) is 18.2 Å². The number of rotatable bonds is 3. The normalized spacial score (nSPS) is 23.5. The zero-order valence-corrected chi connectivity index (χ0v) is 13.0. The van der Waals surface area contributed by atoms with E-state index in [1.165, 1.54) is 16.7 Å². The first-order valence-electron chi connectivity index (χ1n) is 7.53. The number of piperidine rings is 1. The molecule has 2 rings (SSSR count). The lowest BCUT2D eigenvalue weighted by molar-refractivity contribution is -0.138. The summed E-state index contributed by atoms with van der Waals surface area (Å²) < 4.78 is 0. The minimum atomic E-state index is 0.0276. The molecule has 0 saturated carbocycles. The lowest BCUT2D eigenvalue weighted by Gasteiger charge is -2.42. The zero-order chi connectivity index (χ0) is 14.9. The summed E-state index contributed by atoms with van der Waals surface area (Å²) in [7, 11) is 0. The molecule has 110 valence electrons. The van der Waals surface area contributed by atoms with Crippen molar-refractivity contribution in [1.82, 2.24) is 4.90 Å². The number of benzene rings is 1. The lowest BCUT2D eigenvalue weighted by Crippen LogP contribution is -2.50. The molecule has 1 aliphatic heterocycles. The van der Waals surface area contributed by atoms with E-state index in [4.69, 9.17) is 5.73 Å². The largest absolute Gasteiger partial charge is 0.334 e. The van der Waals surface area contributed by atoms with Crippen LogP contribution in [0, 0.1) is 19.8 Å². The van der Waals surface area contributed by atoms with E-state index >= 15 is 0 Å². The molecule has 1 aliphatic rings. The predicted octanol–water partition coefficient (Wildman–Crippen LogP) is 2.95. The summed E-state index contributed by atoms with van der Waals surface area (Å²) >= 11 is 0. The Morgan fingerprint density at radius 3 is 2.45 bits per heavy atom. The van der Waals surface area contributed by atoms with Gasteiger partial charge in [0, 0.05) is 19.0 Å². The average molecular weight is 274 g/mol. The summed E-state index contributed by atoms with van der Waals surface area (Å²) in [5.41, 5.74) is 10.1. The van der Waals surface area contributed by atoms with E-state index in [9.17, 15) is 4.79 Å². The van der Waals surface area contributed by atoms with Crippen LogP contribution in [0.3, 0.4) is 0 Å². The third kappa shape index (κ3) is 2.88. The first-order valence-corrected chi connectivity index (χ1v) is 7.53. The van der Waals surface area contributed by atoms with Gasteiger partial charge in [0.2, 0.25) is 5.91 Å². The molecular weight excluding hydrogens is 248 g/mol. The van der Waals surface area contributed by atoms with Gasteiger partial charge in [0.05, 0.1) is 6.04 Å². The molecule has 0 radical (unpaired) electrons. The fourth-order valence-corrected chi connectivity index (χ4v) is 3.25. The van der Waals surface area contributed by atoms with Crippen LogP contribution in [0.5, 0.6) is 0 Å². The van der Waals surface area contributed by atoms with Crippen LogP contribution in [0.4, 0.5) is 0 Å². The maximum Gasteiger partial charge on any atom is 0.223 e. The van der Waals surface area contributed by atoms with Crippen molar-refractivity contribution in [3.63, 3.8) is 0 Å². The third-order valence-electron chi connectivity index (χ3n) is 4.15. The van der Waals surface area contributed by atoms with Crippen molar-refractivity contribution in [2.75, 3.05) is 6.54 Å². The van der Waals surface area contributed by atoms with Crippen molar-refractivity contribution >= 4 is 5.91 Å². The van der Waals surface area contributed by atoms with Crippen molar-refractivity contribution in [3.05, 3.63) is 34.9 Å². The van der Waals surface area contributed by atoms with Crippen LogP contribution in [-0.2, 0) is 4.79 Å². The van der Waals surface area contributed by atoms with Gasteiger partial charge in [0.15, 0.2) is 0 Å². The minimum Gasteiger partial charge on any atom is -0.334 e. The van der Waals surface area contributed by atoms with Gasteiger partial charge >= 0.3 is 0 Å². The fraction of sp³-hybridized carbons (Fsp3) is 0.588. The van der Waals surface area contributed by atoms with Crippen molar-refractivity contribution in [1.29, 1.82) is 0 Å². The number of likely N-dealkylation sites (tertiary alicyclic amines) is 1. The highest BCUT2D eigenvalue weighted by molar-refractivity contribution is 5.78. The van der Waals surface area contributed by atoms with Crippen molar-refractivity contribution < 1.29 is 4.79 Å². The molecule has 1 saturated heterocycles. The van der Waals surface area contributed by atoms with E-state index in [1.54, 1.807) is 0 Å². The topological polar surface area (TPSA) is 46.3 Å². The van der Waals surface area contributed by atoms with E-state index in [2.05, 4.69) is 45.9 Å². The summed E-state index contributed by atoms with van der Waals surface area (Å²) in [4.78, 5) is 14.4. The van der Waals surface area contributed by atoms with Crippen LogP contribution in [0.1, 0.15) is 49.4 Å². The molecule has 2 unspecified atom stereocenters. The molecule has 3 heteroatoms. The number of nitrogens with zero attached hydrogens (tertiary/aromatic N) is 1. The Bertz CT molecular complexity index is 476. The number of aryl methyl sites for hydroxylation is 2. The van der Waals surface area contributed by atoms with Gasteiger partial charge in [-0.3, -0.25) is 4.79 Å². The number of amides is 1. The molecule has 20 heavy (non-hydrogen) atoms. The van der Waals surface area contributed by atoms with Gasteiger partial charge in [-0.15, -0.1) is 0 Å². The molecule has 0 aliphatic carbocycles. The average Bonchev–Trinajstić information content (AvgIpc) is 2.36. The van der Waals surface area contributed by atoms with Gasteiger partial charge in [-0.05, 0) is 42.9 Å². The molecular formula is C17H26N2O. The third-order valence-corrected chi connectivity index (χ3v) is 4.15. The number of carbonyl (C=O) groups excluding carboxylic acids is 1. The Balaban J connectivity index is 2.45. The molecule has 0 aromatic heterocycles. The van der Waals surface area contributed by atoms with Gasteiger partial charge in [0.25, 0.3) is 0 Å². The molecule has 2 atom stereocenters. The Kier molecular flexibility index (Phi) is 4.48. The molecule has 0 spiro atoms. The van der Waals surface area contributed by atoms with Crippen LogP contribution in [0.25, 0.3) is 0 Å². The monoisotopic (exact) mass is 274 g/mol. The minimum absolute atomic E-state index is 0.0276. The van der Waals surface area contributed by atoms with Crippen molar-refractivity contribution in [2.45, 2.75) is 52.6 Å². The predicted molar refractivity (Wildman–Crippen MR) is 82.4 cm³/mol. The number of hydrogen-bond acceptors (Lipinski definition) is 2. The summed E-state index contributed by atoms with van der Waals surface area (Å²) in [5.74, 6) is 0.698. The van der Waals surface area contributed by atoms with Gasteiger partial charge in [0.1, 0.15) is 0 Å². The van der Waals surface area contributed by atoms with E-state index in [-0.39, 0.29) is 18.0 Å². The van der Waals surface area contributed by atoms with Crippen LogP contribution >= 0.6 is 0 Å². The smallest absolute Gasteiger partial charge is 0.223 e. The number of carbonyl (C=O) groups is 1. The van der Waals surface area contributed by atoms with E-state index in [0.29, 0.717) is 12.3 Å². The second-order valence-electron chi connectivity index (χ2n) is 6.39. The Morgan fingerprint density at radius 2 is 1.90 bits per heavy atom. The molecule has 0 bridgehead atoms. The molecule has 2 N–H and O–H groups in total. The summed E-state index contributed by atoms with van der Waals surface area (Å²) in [6, 6.07) is 6.35. The molecule has 1 aromatic rings. The maximum atomic E-state index is 12.4. The quantitative estimate of drug-likeness (QED) is 0.921. The second-order valence-corrected chi connectivity index (χ2v) is 6.39. The number of hydrogen-bond donors (Lipinski definition) is 1. The highest BCUT2D eigenvalue weighted by atomic mass is 16.2. The standard InChI is InChI=1S/C17H26N2O/c1-11(2)10-19-15(20)9-8-14(18)17(19)16-12(3)6-5-7-13(16)4/h5-7,11,14,17H,8-10,18H2,1-4H3. The molecule has 1 fully saturated rings. The van der Waals surface area contributed by atoms with Crippen LogP contribution < -0.4 is 5.73 Å². The summed E-state index contributed by atoms with van der Waals surface area (Å²) in [5, 5.41) is 0. The summed E-state index contributed by atoms with van der Waals surface area (Å²) in [6.07, 6.45) is 1.36. The Morgan fingerprint density at radius 1 is 1.30 bits per heavy atom. The first-order chi connectivity index (χ1) is 9.41. The molecule has 1 aromatic carbocycles. The highest BCUT2D eigenvalue weighted by Crippen LogP contribution is 2.35.